The largest absolute Gasteiger partial charge is 0.494 e. The molecule has 0 bridgehead atoms. The number of hydrogen-bond acceptors (Lipinski definition) is 4. The van der Waals surface area contributed by atoms with Crippen LogP contribution in [0.2, 0.25) is 0 Å². The van der Waals surface area contributed by atoms with E-state index in [1.54, 1.807) is 25.3 Å². The SMILES string of the molecule is COc1ccc(-c2nc(C(C)(C)C(=O)O)cs2)cc1F. The van der Waals surface area contributed by atoms with Crippen LogP contribution >= 0.6 is 11.3 Å². The standard InChI is InChI=1S/C14H14FNO3S/c1-14(2,13(17)18)11-7-20-12(16-11)8-4-5-10(19-3)9(15)6-8/h4-7H,1-3H3,(H,17,18). The Balaban J connectivity index is 2.39. The van der Waals surface area contributed by atoms with E-state index in [0.717, 1.165) is 0 Å². The fourth-order valence-corrected chi connectivity index (χ4v) is 2.59. The monoisotopic (exact) mass is 295 g/mol. The molecule has 1 N–H and O–H groups in total. The highest BCUT2D eigenvalue weighted by Gasteiger charge is 2.32. The number of aliphatic carboxylic acids is 1. The number of benzene rings is 1. The molecule has 0 spiro atoms. The Morgan fingerprint density at radius 1 is 1.45 bits per heavy atom. The van der Waals surface area contributed by atoms with Crippen molar-refractivity contribution in [3.05, 3.63) is 35.1 Å². The summed E-state index contributed by atoms with van der Waals surface area (Å²) in [5, 5.41) is 11.4. The number of hydrogen-bond donors (Lipinski definition) is 1. The molecule has 0 aliphatic carbocycles. The summed E-state index contributed by atoms with van der Waals surface area (Å²) in [5.41, 5.74) is -0.0123. The van der Waals surface area contributed by atoms with Gasteiger partial charge in [0.1, 0.15) is 10.4 Å². The molecule has 1 aromatic heterocycles. The minimum Gasteiger partial charge on any atom is -0.494 e. The second kappa shape index (κ2) is 5.20. The number of carboxylic acid groups (broad SMARTS) is 1. The Bertz CT molecular complexity index is 652. The number of aromatic nitrogens is 1. The minimum atomic E-state index is -1.07. The first-order valence-corrected chi connectivity index (χ1v) is 6.77. The lowest BCUT2D eigenvalue weighted by Crippen LogP contribution is -2.28. The molecule has 0 unspecified atom stereocenters. The summed E-state index contributed by atoms with van der Waals surface area (Å²) in [5.74, 6) is -1.26. The van der Waals surface area contributed by atoms with Gasteiger partial charge in [0.25, 0.3) is 0 Å². The van der Waals surface area contributed by atoms with E-state index in [-0.39, 0.29) is 5.75 Å². The number of carbonyl (C=O) groups is 1. The van der Waals surface area contributed by atoms with Crippen LogP contribution in [0, 0.1) is 5.82 Å². The van der Waals surface area contributed by atoms with Gasteiger partial charge in [0.05, 0.1) is 12.8 Å². The van der Waals surface area contributed by atoms with Crippen LogP contribution < -0.4 is 4.74 Å². The maximum atomic E-state index is 13.7. The first kappa shape index (κ1) is 14.5. The van der Waals surface area contributed by atoms with Crippen molar-refractivity contribution in [1.29, 1.82) is 0 Å². The molecule has 0 saturated heterocycles. The molecule has 0 radical (unpaired) electrons. The number of nitrogens with zero attached hydrogens (tertiary/aromatic N) is 1. The van der Waals surface area contributed by atoms with Gasteiger partial charge in [-0.25, -0.2) is 9.37 Å². The van der Waals surface area contributed by atoms with Gasteiger partial charge in [-0.15, -0.1) is 11.3 Å². The lowest BCUT2D eigenvalue weighted by atomic mass is 9.90. The first-order chi connectivity index (χ1) is 9.36. The Hall–Kier alpha value is -1.95. The Morgan fingerprint density at radius 2 is 2.15 bits per heavy atom. The highest BCUT2D eigenvalue weighted by atomic mass is 32.1. The quantitative estimate of drug-likeness (QED) is 0.940. The number of rotatable bonds is 4. The van der Waals surface area contributed by atoms with E-state index < -0.39 is 17.2 Å². The molecule has 0 fully saturated rings. The molecular weight excluding hydrogens is 281 g/mol. The van der Waals surface area contributed by atoms with Gasteiger partial charge in [-0.3, -0.25) is 4.79 Å². The summed E-state index contributed by atoms with van der Waals surface area (Å²) in [4.78, 5) is 15.5. The number of ether oxygens (including phenoxy) is 1. The predicted octanol–water partition coefficient (Wildman–Crippen LogP) is 3.32. The molecule has 1 aromatic carbocycles. The van der Waals surface area contributed by atoms with Crippen molar-refractivity contribution in [3.63, 3.8) is 0 Å². The molecule has 0 amide bonds. The second-order valence-electron chi connectivity index (χ2n) is 4.82. The second-order valence-corrected chi connectivity index (χ2v) is 5.68. The minimum absolute atomic E-state index is 0.163. The van der Waals surface area contributed by atoms with Gasteiger partial charge in [-0.1, -0.05) is 0 Å². The highest BCUT2D eigenvalue weighted by molar-refractivity contribution is 7.13. The van der Waals surface area contributed by atoms with E-state index in [2.05, 4.69) is 4.98 Å². The summed E-state index contributed by atoms with van der Waals surface area (Å²) in [6.45, 7) is 3.17. The van der Waals surface area contributed by atoms with Crippen molar-refractivity contribution in [2.45, 2.75) is 19.3 Å². The van der Waals surface area contributed by atoms with Crippen LogP contribution in [0.15, 0.2) is 23.6 Å². The molecule has 6 heteroatoms. The van der Waals surface area contributed by atoms with E-state index in [1.807, 2.05) is 0 Å². The smallest absolute Gasteiger partial charge is 0.315 e. The summed E-state index contributed by atoms with van der Waals surface area (Å²) in [6.07, 6.45) is 0. The molecular formula is C14H14FNO3S. The Morgan fingerprint density at radius 3 is 2.70 bits per heavy atom. The normalized spacial score (nSPS) is 11.4. The van der Waals surface area contributed by atoms with Gasteiger partial charge < -0.3 is 9.84 Å². The van der Waals surface area contributed by atoms with Crippen molar-refractivity contribution in [2.24, 2.45) is 0 Å². The van der Waals surface area contributed by atoms with Gasteiger partial charge >= 0.3 is 5.97 Å². The first-order valence-electron chi connectivity index (χ1n) is 5.89. The lowest BCUT2D eigenvalue weighted by molar-refractivity contribution is -0.142. The average molecular weight is 295 g/mol. The van der Waals surface area contributed by atoms with Crippen molar-refractivity contribution in [3.8, 4) is 16.3 Å². The van der Waals surface area contributed by atoms with Crippen LogP contribution in [0.3, 0.4) is 0 Å². The van der Waals surface area contributed by atoms with Crippen LogP contribution in [0.4, 0.5) is 4.39 Å². The molecule has 2 aromatic rings. The van der Waals surface area contributed by atoms with Gasteiger partial charge in [-0.2, -0.15) is 0 Å². The Kier molecular flexibility index (Phi) is 3.76. The molecule has 0 aliphatic rings. The Labute approximate surface area is 119 Å². The van der Waals surface area contributed by atoms with Crippen LogP contribution in [0.1, 0.15) is 19.5 Å². The molecule has 0 saturated carbocycles. The van der Waals surface area contributed by atoms with Crippen molar-refractivity contribution < 1.29 is 19.0 Å². The average Bonchev–Trinajstić information content (AvgIpc) is 2.88. The predicted molar refractivity (Wildman–Crippen MR) is 74.7 cm³/mol. The third-order valence-electron chi connectivity index (χ3n) is 3.08. The van der Waals surface area contributed by atoms with Gasteiger partial charge in [0, 0.05) is 10.9 Å². The fraction of sp³-hybridized carbons (Fsp3) is 0.286. The molecule has 1 heterocycles. The summed E-state index contributed by atoms with van der Waals surface area (Å²) in [6, 6.07) is 4.54. The van der Waals surface area contributed by atoms with E-state index >= 15 is 0 Å². The maximum Gasteiger partial charge on any atom is 0.315 e. The van der Waals surface area contributed by atoms with Crippen molar-refractivity contribution in [2.75, 3.05) is 7.11 Å². The summed E-state index contributed by atoms with van der Waals surface area (Å²) < 4.78 is 18.5. The maximum absolute atomic E-state index is 13.7. The number of methoxy groups -OCH3 is 1. The molecule has 2 rings (SSSR count). The summed E-state index contributed by atoms with van der Waals surface area (Å²) >= 11 is 1.29. The van der Waals surface area contributed by atoms with Gasteiger partial charge in [0.15, 0.2) is 11.6 Å². The van der Waals surface area contributed by atoms with Crippen molar-refractivity contribution in [1.82, 2.24) is 4.98 Å². The third kappa shape index (κ3) is 2.51. The van der Waals surface area contributed by atoms with Gasteiger partial charge in [0.2, 0.25) is 0 Å². The number of thiazole rings is 1. The topological polar surface area (TPSA) is 59.4 Å². The lowest BCUT2D eigenvalue weighted by Gasteiger charge is -2.15. The molecule has 0 aliphatic heterocycles. The van der Waals surface area contributed by atoms with Crippen LogP contribution in [-0.2, 0) is 10.2 Å². The number of carboxylic acids is 1. The van der Waals surface area contributed by atoms with E-state index in [4.69, 9.17) is 4.74 Å². The van der Waals surface area contributed by atoms with E-state index in [0.29, 0.717) is 16.3 Å². The summed E-state index contributed by atoms with van der Waals surface area (Å²) in [7, 11) is 1.40. The zero-order valence-electron chi connectivity index (χ0n) is 11.3. The van der Waals surface area contributed by atoms with E-state index in [9.17, 15) is 14.3 Å². The molecule has 106 valence electrons. The van der Waals surface area contributed by atoms with Crippen LogP contribution in [0.5, 0.6) is 5.75 Å². The zero-order chi connectivity index (χ0) is 14.9. The molecule has 20 heavy (non-hydrogen) atoms. The highest BCUT2D eigenvalue weighted by Crippen LogP contribution is 2.32. The molecule has 0 atom stereocenters. The third-order valence-corrected chi connectivity index (χ3v) is 3.97. The van der Waals surface area contributed by atoms with Crippen molar-refractivity contribution >= 4 is 17.3 Å². The van der Waals surface area contributed by atoms with Crippen LogP contribution in [-0.4, -0.2) is 23.2 Å². The fourth-order valence-electron chi connectivity index (χ4n) is 1.60. The number of halogens is 1. The molecule has 4 nitrogen and oxygen atoms in total. The zero-order valence-corrected chi connectivity index (χ0v) is 12.1. The van der Waals surface area contributed by atoms with E-state index in [1.165, 1.54) is 30.6 Å². The van der Waals surface area contributed by atoms with Crippen LogP contribution in [0.25, 0.3) is 10.6 Å². The van der Waals surface area contributed by atoms with Gasteiger partial charge in [-0.05, 0) is 32.0 Å².